The molecule has 1 aromatic carbocycles. The van der Waals surface area contributed by atoms with Crippen LogP contribution in [0.3, 0.4) is 0 Å². The van der Waals surface area contributed by atoms with Gasteiger partial charge in [-0.1, -0.05) is 25.7 Å². The number of amides is 2. The number of anilines is 1. The predicted molar refractivity (Wildman–Crippen MR) is 120 cm³/mol. The minimum Gasteiger partial charge on any atom is -0.466 e. The van der Waals surface area contributed by atoms with Crippen LogP contribution in [0.15, 0.2) is 24.3 Å². The lowest BCUT2D eigenvalue weighted by Gasteiger charge is -2.17. The summed E-state index contributed by atoms with van der Waals surface area (Å²) >= 11 is 0. The molecule has 0 spiro atoms. The molecule has 0 radical (unpaired) electrons. The Balaban J connectivity index is 1.88. The van der Waals surface area contributed by atoms with Gasteiger partial charge in [0.2, 0.25) is 5.91 Å². The van der Waals surface area contributed by atoms with Crippen LogP contribution < -0.4 is 10.6 Å². The van der Waals surface area contributed by atoms with Gasteiger partial charge in [-0.3, -0.25) is 14.4 Å². The topological polar surface area (TPSA) is 111 Å². The molecule has 0 aliphatic heterocycles. The van der Waals surface area contributed by atoms with Crippen LogP contribution in [0.2, 0.25) is 0 Å². The van der Waals surface area contributed by atoms with Crippen LogP contribution in [0.25, 0.3) is 0 Å². The van der Waals surface area contributed by atoms with Gasteiger partial charge in [-0.15, -0.1) is 0 Å². The Morgan fingerprint density at radius 3 is 2.25 bits per heavy atom. The molecule has 0 saturated heterocycles. The number of carbonyl (C=O) groups excluding carboxylic acids is 4. The SMILES string of the molecule is CCOC(=O)CCC(NC(=O)c1ccc(NC(=O)CCC2CCCC2)cc1)C(=O)OCC. The largest absolute Gasteiger partial charge is 0.466 e. The number of carbonyl (C=O) groups is 4. The molecule has 1 fully saturated rings. The van der Waals surface area contributed by atoms with Crippen molar-refractivity contribution < 1.29 is 28.7 Å². The Morgan fingerprint density at radius 1 is 0.969 bits per heavy atom. The van der Waals surface area contributed by atoms with Crippen LogP contribution in [0.5, 0.6) is 0 Å². The average Bonchev–Trinajstić information content (AvgIpc) is 3.29. The van der Waals surface area contributed by atoms with Gasteiger partial charge in [0.1, 0.15) is 6.04 Å². The monoisotopic (exact) mass is 446 g/mol. The molecule has 1 aliphatic carbocycles. The summed E-state index contributed by atoms with van der Waals surface area (Å²) in [6, 6.07) is 5.51. The smallest absolute Gasteiger partial charge is 0.328 e. The summed E-state index contributed by atoms with van der Waals surface area (Å²) in [6.07, 6.45) is 6.42. The molecule has 0 bridgehead atoms. The van der Waals surface area contributed by atoms with Crippen molar-refractivity contribution in [2.75, 3.05) is 18.5 Å². The van der Waals surface area contributed by atoms with Crippen LogP contribution >= 0.6 is 0 Å². The fraction of sp³-hybridized carbons (Fsp3) is 0.583. The maximum absolute atomic E-state index is 12.6. The number of hydrogen-bond acceptors (Lipinski definition) is 6. The zero-order valence-corrected chi connectivity index (χ0v) is 19.0. The standard InChI is InChI=1S/C24H34N2O6/c1-3-31-22(28)16-14-20(24(30)32-4-2)26-23(29)18-10-12-19(13-11-18)25-21(27)15-9-17-7-5-6-8-17/h10-13,17,20H,3-9,14-16H2,1-2H3,(H,25,27)(H,26,29). The molecule has 8 nitrogen and oxygen atoms in total. The Labute approximate surface area is 189 Å². The van der Waals surface area contributed by atoms with Crippen LogP contribution in [0.4, 0.5) is 5.69 Å². The highest BCUT2D eigenvalue weighted by atomic mass is 16.5. The van der Waals surface area contributed by atoms with Crippen LogP contribution in [-0.4, -0.2) is 43.0 Å². The number of ether oxygens (including phenoxy) is 2. The summed E-state index contributed by atoms with van der Waals surface area (Å²) in [4.78, 5) is 48.5. The fourth-order valence-electron chi connectivity index (χ4n) is 3.79. The van der Waals surface area contributed by atoms with Crippen LogP contribution in [0, 0.1) is 5.92 Å². The minimum atomic E-state index is -0.957. The molecule has 176 valence electrons. The number of hydrogen-bond donors (Lipinski definition) is 2. The highest BCUT2D eigenvalue weighted by Crippen LogP contribution is 2.28. The first-order valence-electron chi connectivity index (χ1n) is 11.5. The molecular formula is C24H34N2O6. The van der Waals surface area contributed by atoms with Crippen molar-refractivity contribution >= 4 is 29.4 Å². The highest BCUT2D eigenvalue weighted by molar-refractivity contribution is 5.98. The summed E-state index contributed by atoms with van der Waals surface area (Å²) in [5.41, 5.74) is 0.946. The first-order valence-corrected chi connectivity index (χ1v) is 11.5. The molecule has 1 unspecified atom stereocenters. The molecule has 1 aliphatic rings. The van der Waals surface area contributed by atoms with E-state index in [2.05, 4.69) is 10.6 Å². The molecule has 2 amide bonds. The molecule has 2 rings (SSSR count). The van der Waals surface area contributed by atoms with Crippen molar-refractivity contribution in [3.63, 3.8) is 0 Å². The van der Waals surface area contributed by atoms with Gasteiger partial charge in [-0.05, 0) is 56.9 Å². The Hall–Kier alpha value is -2.90. The number of nitrogens with one attached hydrogen (secondary N) is 2. The van der Waals surface area contributed by atoms with Crippen molar-refractivity contribution in [2.24, 2.45) is 5.92 Å². The van der Waals surface area contributed by atoms with Gasteiger partial charge < -0.3 is 20.1 Å². The molecule has 2 N–H and O–H groups in total. The second-order valence-corrected chi connectivity index (χ2v) is 7.94. The second-order valence-electron chi connectivity index (χ2n) is 7.94. The lowest BCUT2D eigenvalue weighted by atomic mass is 10.0. The zero-order valence-electron chi connectivity index (χ0n) is 19.0. The van der Waals surface area contributed by atoms with Crippen molar-refractivity contribution in [3.8, 4) is 0 Å². The number of rotatable bonds is 12. The summed E-state index contributed by atoms with van der Waals surface area (Å²) in [5, 5.41) is 5.47. The van der Waals surface area contributed by atoms with Gasteiger partial charge in [0, 0.05) is 24.1 Å². The first-order chi connectivity index (χ1) is 15.4. The number of esters is 2. The van der Waals surface area contributed by atoms with E-state index >= 15 is 0 Å². The molecule has 1 aromatic rings. The first kappa shape index (κ1) is 25.4. The van der Waals surface area contributed by atoms with Gasteiger partial charge in [0.25, 0.3) is 5.91 Å². The van der Waals surface area contributed by atoms with Crippen molar-refractivity contribution in [2.45, 2.75) is 71.3 Å². The van der Waals surface area contributed by atoms with Gasteiger partial charge >= 0.3 is 11.9 Å². The third kappa shape index (κ3) is 8.69. The Bertz CT molecular complexity index is 771. The van der Waals surface area contributed by atoms with E-state index in [9.17, 15) is 19.2 Å². The highest BCUT2D eigenvalue weighted by Gasteiger charge is 2.24. The molecule has 1 saturated carbocycles. The maximum atomic E-state index is 12.6. The maximum Gasteiger partial charge on any atom is 0.328 e. The van der Waals surface area contributed by atoms with E-state index in [1.54, 1.807) is 38.1 Å². The Kier molecular flexibility index (Phi) is 10.7. The molecule has 1 atom stereocenters. The van der Waals surface area contributed by atoms with E-state index in [1.807, 2.05) is 0 Å². The average molecular weight is 447 g/mol. The third-order valence-corrected chi connectivity index (χ3v) is 5.50. The molecule has 0 aromatic heterocycles. The van der Waals surface area contributed by atoms with E-state index in [1.165, 1.54) is 25.7 Å². The quantitative estimate of drug-likeness (QED) is 0.475. The normalized spacial score (nSPS) is 14.4. The van der Waals surface area contributed by atoms with Crippen LogP contribution in [0.1, 0.15) is 75.6 Å². The molecular weight excluding hydrogens is 412 g/mol. The molecule has 0 heterocycles. The fourth-order valence-corrected chi connectivity index (χ4v) is 3.79. The van der Waals surface area contributed by atoms with E-state index in [0.717, 1.165) is 6.42 Å². The van der Waals surface area contributed by atoms with E-state index in [0.29, 0.717) is 23.6 Å². The van der Waals surface area contributed by atoms with Gasteiger partial charge in [0.05, 0.1) is 13.2 Å². The van der Waals surface area contributed by atoms with Gasteiger partial charge in [-0.25, -0.2) is 4.79 Å². The van der Waals surface area contributed by atoms with E-state index in [-0.39, 0.29) is 32.0 Å². The van der Waals surface area contributed by atoms with Crippen LogP contribution in [-0.2, 0) is 23.9 Å². The lowest BCUT2D eigenvalue weighted by Crippen LogP contribution is -2.42. The van der Waals surface area contributed by atoms with Crippen molar-refractivity contribution in [3.05, 3.63) is 29.8 Å². The van der Waals surface area contributed by atoms with Crippen molar-refractivity contribution in [1.29, 1.82) is 0 Å². The summed E-state index contributed by atoms with van der Waals surface area (Å²) in [6.45, 7) is 3.78. The zero-order chi connectivity index (χ0) is 23.3. The van der Waals surface area contributed by atoms with Crippen molar-refractivity contribution in [1.82, 2.24) is 5.32 Å². The number of benzene rings is 1. The van der Waals surface area contributed by atoms with Gasteiger partial charge in [-0.2, -0.15) is 0 Å². The summed E-state index contributed by atoms with van der Waals surface area (Å²) < 4.78 is 9.88. The van der Waals surface area contributed by atoms with E-state index < -0.39 is 23.9 Å². The minimum absolute atomic E-state index is 0.0105. The third-order valence-electron chi connectivity index (χ3n) is 5.50. The second kappa shape index (κ2) is 13.5. The summed E-state index contributed by atoms with van der Waals surface area (Å²) in [7, 11) is 0. The van der Waals surface area contributed by atoms with E-state index in [4.69, 9.17) is 9.47 Å². The lowest BCUT2D eigenvalue weighted by molar-refractivity contribution is -0.146. The Morgan fingerprint density at radius 2 is 1.62 bits per heavy atom. The molecule has 32 heavy (non-hydrogen) atoms. The predicted octanol–water partition coefficient (Wildman–Crippen LogP) is 3.60. The molecule has 8 heteroatoms. The summed E-state index contributed by atoms with van der Waals surface area (Å²) in [5.74, 6) is -0.884. The van der Waals surface area contributed by atoms with Gasteiger partial charge in [0.15, 0.2) is 0 Å².